The number of hydrogen-bond acceptors (Lipinski definition) is 8. The Morgan fingerprint density at radius 2 is 1.28 bits per heavy atom. The molecule has 0 saturated carbocycles. The molecule has 32 heavy (non-hydrogen) atoms. The molecule has 8 nitrogen and oxygen atoms in total. The third kappa shape index (κ3) is 5.03. The van der Waals surface area contributed by atoms with Gasteiger partial charge in [-0.2, -0.15) is 4.98 Å². The standard InChI is InChI=1S/C24H28N8/c1-31(2)21-11-9-17(13-25-21)15-27-23-19-7-5-6-8-20(19)29-24(30-23)28-16-18-10-12-22(26-14-18)32(3)4/h5-14H,15-16H2,1-4H3,(H2,27,28,29,30). The van der Waals surface area contributed by atoms with Crippen LogP contribution in [0.1, 0.15) is 11.1 Å². The van der Waals surface area contributed by atoms with E-state index < -0.39 is 0 Å². The third-order valence-corrected chi connectivity index (χ3v) is 5.05. The Morgan fingerprint density at radius 3 is 1.84 bits per heavy atom. The number of anilines is 4. The minimum absolute atomic E-state index is 0.573. The van der Waals surface area contributed by atoms with Gasteiger partial charge < -0.3 is 20.4 Å². The largest absolute Gasteiger partial charge is 0.365 e. The molecule has 4 aromatic rings. The molecular formula is C24H28N8. The fraction of sp³-hybridized carbons (Fsp3) is 0.250. The highest BCUT2D eigenvalue weighted by atomic mass is 15.2. The van der Waals surface area contributed by atoms with Crippen molar-refractivity contribution >= 4 is 34.3 Å². The molecule has 0 saturated heterocycles. The highest BCUT2D eigenvalue weighted by Crippen LogP contribution is 2.23. The predicted molar refractivity (Wildman–Crippen MR) is 131 cm³/mol. The van der Waals surface area contributed by atoms with Crippen molar-refractivity contribution in [2.75, 3.05) is 48.6 Å². The van der Waals surface area contributed by atoms with Crippen LogP contribution in [0.3, 0.4) is 0 Å². The molecule has 3 aromatic heterocycles. The van der Waals surface area contributed by atoms with E-state index in [9.17, 15) is 0 Å². The summed E-state index contributed by atoms with van der Waals surface area (Å²) in [5.41, 5.74) is 3.03. The highest BCUT2D eigenvalue weighted by Gasteiger charge is 2.08. The van der Waals surface area contributed by atoms with Crippen molar-refractivity contribution in [1.82, 2.24) is 19.9 Å². The summed E-state index contributed by atoms with van der Waals surface area (Å²) in [6, 6.07) is 16.1. The van der Waals surface area contributed by atoms with Crippen molar-refractivity contribution in [3.63, 3.8) is 0 Å². The first kappa shape index (κ1) is 21.3. The molecule has 0 spiro atoms. The Morgan fingerprint density at radius 1 is 0.688 bits per heavy atom. The van der Waals surface area contributed by atoms with E-state index in [0.29, 0.717) is 19.0 Å². The summed E-state index contributed by atoms with van der Waals surface area (Å²) in [7, 11) is 7.91. The lowest BCUT2D eigenvalue weighted by molar-refractivity contribution is 1.02. The van der Waals surface area contributed by atoms with E-state index in [0.717, 1.165) is 39.5 Å². The zero-order valence-electron chi connectivity index (χ0n) is 18.9. The van der Waals surface area contributed by atoms with Gasteiger partial charge in [-0.05, 0) is 35.4 Å². The zero-order valence-corrected chi connectivity index (χ0v) is 18.9. The molecular weight excluding hydrogens is 400 g/mol. The fourth-order valence-electron chi connectivity index (χ4n) is 3.23. The Kier molecular flexibility index (Phi) is 6.30. The Hall–Kier alpha value is -3.94. The Balaban J connectivity index is 1.50. The van der Waals surface area contributed by atoms with Gasteiger partial charge in [0, 0.05) is 59.1 Å². The summed E-state index contributed by atoms with van der Waals surface area (Å²) in [5.74, 6) is 3.22. The SMILES string of the molecule is CN(C)c1ccc(CNc2nc(NCc3ccc(N(C)C)nc3)c3ccccc3n2)cn1. The van der Waals surface area contributed by atoms with E-state index in [4.69, 9.17) is 4.98 Å². The van der Waals surface area contributed by atoms with Crippen molar-refractivity contribution < 1.29 is 0 Å². The third-order valence-electron chi connectivity index (χ3n) is 5.05. The fourth-order valence-corrected chi connectivity index (χ4v) is 3.23. The smallest absolute Gasteiger partial charge is 0.225 e. The van der Waals surface area contributed by atoms with Gasteiger partial charge in [0.25, 0.3) is 0 Å². The zero-order chi connectivity index (χ0) is 22.5. The topological polar surface area (TPSA) is 82.1 Å². The van der Waals surface area contributed by atoms with Gasteiger partial charge >= 0.3 is 0 Å². The number of para-hydroxylation sites is 1. The number of aromatic nitrogens is 4. The van der Waals surface area contributed by atoms with Gasteiger partial charge in [-0.25, -0.2) is 15.0 Å². The number of nitrogens with zero attached hydrogens (tertiary/aromatic N) is 6. The van der Waals surface area contributed by atoms with Crippen LogP contribution >= 0.6 is 0 Å². The Labute approximate surface area is 188 Å². The molecule has 0 bridgehead atoms. The van der Waals surface area contributed by atoms with E-state index in [1.807, 2.05) is 86.8 Å². The minimum Gasteiger partial charge on any atom is -0.365 e. The van der Waals surface area contributed by atoms with E-state index >= 15 is 0 Å². The monoisotopic (exact) mass is 428 g/mol. The van der Waals surface area contributed by atoms with E-state index in [2.05, 4.69) is 37.7 Å². The molecule has 0 unspecified atom stereocenters. The lowest BCUT2D eigenvalue weighted by Crippen LogP contribution is -2.12. The predicted octanol–water partition coefficient (Wildman–Crippen LogP) is 3.78. The van der Waals surface area contributed by atoms with Crippen molar-refractivity contribution in [2.24, 2.45) is 0 Å². The molecule has 1 aromatic carbocycles. The first-order valence-corrected chi connectivity index (χ1v) is 10.5. The van der Waals surface area contributed by atoms with Crippen molar-refractivity contribution in [1.29, 1.82) is 0 Å². The molecule has 0 aliphatic carbocycles. The van der Waals surface area contributed by atoms with Crippen molar-refractivity contribution in [2.45, 2.75) is 13.1 Å². The van der Waals surface area contributed by atoms with Gasteiger partial charge in [0.05, 0.1) is 5.52 Å². The molecule has 0 aliphatic heterocycles. The average molecular weight is 429 g/mol. The highest BCUT2D eigenvalue weighted by molar-refractivity contribution is 5.90. The molecule has 2 N–H and O–H groups in total. The van der Waals surface area contributed by atoms with Crippen molar-refractivity contribution in [3.8, 4) is 0 Å². The Bertz CT molecular complexity index is 1170. The number of nitrogens with one attached hydrogen (secondary N) is 2. The maximum Gasteiger partial charge on any atom is 0.225 e. The van der Waals surface area contributed by atoms with Crippen LogP contribution in [0.5, 0.6) is 0 Å². The van der Waals surface area contributed by atoms with Crippen LogP contribution in [0.2, 0.25) is 0 Å². The molecule has 3 heterocycles. The second-order valence-electron chi connectivity index (χ2n) is 7.96. The van der Waals surface area contributed by atoms with Crippen LogP contribution < -0.4 is 20.4 Å². The average Bonchev–Trinajstić information content (AvgIpc) is 2.81. The lowest BCUT2D eigenvalue weighted by Gasteiger charge is -2.14. The van der Waals surface area contributed by atoms with Crippen molar-refractivity contribution in [3.05, 3.63) is 72.1 Å². The summed E-state index contributed by atoms with van der Waals surface area (Å²) in [6.45, 7) is 1.21. The van der Waals surface area contributed by atoms with Crippen LogP contribution in [0.4, 0.5) is 23.4 Å². The molecule has 0 fully saturated rings. The molecule has 0 amide bonds. The molecule has 0 atom stereocenters. The quantitative estimate of drug-likeness (QED) is 0.439. The van der Waals surface area contributed by atoms with E-state index in [-0.39, 0.29) is 0 Å². The summed E-state index contributed by atoms with van der Waals surface area (Å²) in [5, 5.41) is 7.75. The molecule has 164 valence electrons. The first-order chi connectivity index (χ1) is 15.5. The summed E-state index contributed by atoms with van der Waals surface area (Å²) >= 11 is 0. The van der Waals surface area contributed by atoms with Gasteiger partial charge in [-0.15, -0.1) is 0 Å². The van der Waals surface area contributed by atoms with Gasteiger partial charge in [0.1, 0.15) is 17.5 Å². The summed E-state index contributed by atoms with van der Waals surface area (Å²) in [6.07, 6.45) is 3.75. The molecule has 0 radical (unpaired) electrons. The van der Waals surface area contributed by atoms with Crippen LogP contribution in [-0.4, -0.2) is 48.1 Å². The first-order valence-electron chi connectivity index (χ1n) is 10.5. The normalized spacial score (nSPS) is 10.8. The molecule has 0 aliphatic rings. The number of rotatable bonds is 8. The van der Waals surface area contributed by atoms with Gasteiger partial charge in [0.2, 0.25) is 5.95 Å². The second kappa shape index (κ2) is 9.47. The molecule has 8 heteroatoms. The number of benzene rings is 1. The van der Waals surface area contributed by atoms with Gasteiger partial charge in [0.15, 0.2) is 0 Å². The van der Waals surface area contributed by atoms with Crippen LogP contribution in [0.15, 0.2) is 60.9 Å². The lowest BCUT2D eigenvalue weighted by atomic mass is 10.2. The maximum absolute atomic E-state index is 4.73. The minimum atomic E-state index is 0.573. The van der Waals surface area contributed by atoms with Crippen LogP contribution in [0.25, 0.3) is 10.9 Å². The summed E-state index contributed by atoms with van der Waals surface area (Å²) < 4.78 is 0. The maximum atomic E-state index is 4.73. The van der Waals surface area contributed by atoms with Gasteiger partial charge in [-0.1, -0.05) is 24.3 Å². The number of fused-ring (bicyclic) bond motifs is 1. The van der Waals surface area contributed by atoms with E-state index in [1.165, 1.54) is 0 Å². The van der Waals surface area contributed by atoms with Crippen LogP contribution in [-0.2, 0) is 13.1 Å². The second-order valence-corrected chi connectivity index (χ2v) is 7.96. The van der Waals surface area contributed by atoms with E-state index in [1.54, 1.807) is 0 Å². The number of hydrogen-bond donors (Lipinski definition) is 2. The number of pyridine rings is 2. The molecule has 4 rings (SSSR count). The van der Waals surface area contributed by atoms with Crippen LogP contribution in [0, 0.1) is 0 Å². The van der Waals surface area contributed by atoms with Gasteiger partial charge in [-0.3, -0.25) is 0 Å². The summed E-state index contributed by atoms with van der Waals surface area (Å²) in [4.78, 5) is 22.3.